The van der Waals surface area contributed by atoms with Crippen molar-refractivity contribution in [1.82, 2.24) is 4.90 Å². The molecule has 2 N–H and O–H groups in total. The lowest BCUT2D eigenvalue weighted by Crippen LogP contribution is -2.55. The van der Waals surface area contributed by atoms with E-state index in [0.717, 1.165) is 25.7 Å². The third kappa shape index (κ3) is 4.97. The Morgan fingerprint density at radius 1 is 1.05 bits per heavy atom. The topological polar surface area (TPSA) is 72.6 Å². The van der Waals surface area contributed by atoms with Gasteiger partial charge in [0.05, 0.1) is 12.1 Å². The van der Waals surface area contributed by atoms with Crippen molar-refractivity contribution in [3.05, 3.63) is 0 Å². The number of imide groups is 1. The first-order chi connectivity index (χ1) is 10.3. The van der Waals surface area contributed by atoms with Gasteiger partial charge in [-0.1, -0.05) is 33.1 Å². The Bertz CT molecular complexity index is 376. The van der Waals surface area contributed by atoms with Gasteiger partial charge in [0.25, 0.3) is 0 Å². The molecule has 2 atom stereocenters. The van der Waals surface area contributed by atoms with Crippen LogP contribution < -0.4 is 5.73 Å². The number of carbonyl (C=O) groups is 2. The monoisotopic (exact) mass is 312 g/mol. The molecule has 0 heterocycles. The van der Waals surface area contributed by atoms with E-state index in [2.05, 4.69) is 0 Å². The summed E-state index contributed by atoms with van der Waals surface area (Å²) in [4.78, 5) is 26.4. The summed E-state index contributed by atoms with van der Waals surface area (Å²) in [5.74, 6) is 0.0101. The molecule has 5 heteroatoms. The standard InChI is InChI=1S/C17H32N2O3/c1-11(2)15(18)16(20)19(17(21)22-12(3)4)13(5)14-9-7-6-8-10-14/h11-15H,6-10,18H2,1-5H3/t13?,15-/m0/s1. The molecular formula is C17H32N2O3. The molecule has 1 rings (SSSR count). The first-order valence-corrected chi connectivity index (χ1v) is 8.55. The summed E-state index contributed by atoms with van der Waals surface area (Å²) in [7, 11) is 0. The van der Waals surface area contributed by atoms with E-state index in [1.54, 1.807) is 13.8 Å². The predicted molar refractivity (Wildman–Crippen MR) is 87.3 cm³/mol. The number of carbonyl (C=O) groups excluding carboxylic acids is 2. The zero-order valence-electron chi connectivity index (χ0n) is 14.7. The van der Waals surface area contributed by atoms with Gasteiger partial charge in [0.1, 0.15) is 0 Å². The van der Waals surface area contributed by atoms with Crippen molar-refractivity contribution in [2.75, 3.05) is 0 Å². The molecule has 1 aliphatic rings. The Balaban J connectivity index is 2.93. The molecule has 0 radical (unpaired) electrons. The maximum Gasteiger partial charge on any atom is 0.417 e. The van der Waals surface area contributed by atoms with Gasteiger partial charge in [-0.25, -0.2) is 9.69 Å². The number of hydrogen-bond donors (Lipinski definition) is 1. The van der Waals surface area contributed by atoms with E-state index in [1.165, 1.54) is 11.3 Å². The lowest BCUT2D eigenvalue weighted by atomic mass is 9.83. The van der Waals surface area contributed by atoms with Crippen molar-refractivity contribution < 1.29 is 14.3 Å². The second kappa shape index (κ2) is 8.51. The number of nitrogens with two attached hydrogens (primary N) is 1. The van der Waals surface area contributed by atoms with E-state index in [9.17, 15) is 9.59 Å². The predicted octanol–water partition coefficient (Wildman–Crippen LogP) is 3.31. The molecule has 0 spiro atoms. The zero-order valence-corrected chi connectivity index (χ0v) is 14.7. The average molecular weight is 312 g/mol. The molecular weight excluding hydrogens is 280 g/mol. The molecule has 1 unspecified atom stereocenters. The fourth-order valence-electron chi connectivity index (χ4n) is 2.99. The summed E-state index contributed by atoms with van der Waals surface area (Å²) in [6.45, 7) is 9.30. The van der Waals surface area contributed by atoms with Crippen molar-refractivity contribution in [1.29, 1.82) is 0 Å². The second-order valence-corrected chi connectivity index (χ2v) is 7.05. The molecule has 128 valence electrons. The fraction of sp³-hybridized carbons (Fsp3) is 0.882. The molecule has 0 aliphatic heterocycles. The van der Waals surface area contributed by atoms with E-state index in [-0.39, 0.29) is 24.0 Å². The van der Waals surface area contributed by atoms with Crippen LogP contribution in [0.15, 0.2) is 0 Å². The molecule has 0 saturated heterocycles. The highest BCUT2D eigenvalue weighted by atomic mass is 16.6. The van der Waals surface area contributed by atoms with E-state index >= 15 is 0 Å². The number of hydrogen-bond acceptors (Lipinski definition) is 4. The molecule has 22 heavy (non-hydrogen) atoms. The number of nitrogens with zero attached hydrogens (tertiary/aromatic N) is 1. The fourth-order valence-corrected chi connectivity index (χ4v) is 2.99. The highest BCUT2D eigenvalue weighted by Crippen LogP contribution is 2.30. The van der Waals surface area contributed by atoms with Gasteiger partial charge < -0.3 is 10.5 Å². The summed E-state index contributed by atoms with van der Waals surface area (Å²) in [5.41, 5.74) is 6.00. The molecule has 1 saturated carbocycles. The van der Waals surface area contributed by atoms with E-state index < -0.39 is 12.1 Å². The summed E-state index contributed by atoms with van der Waals surface area (Å²) in [6.07, 6.45) is 4.84. The molecule has 2 amide bonds. The Morgan fingerprint density at radius 3 is 2.05 bits per heavy atom. The smallest absolute Gasteiger partial charge is 0.417 e. The lowest BCUT2D eigenvalue weighted by molar-refractivity contribution is -0.135. The summed E-state index contributed by atoms with van der Waals surface area (Å²) in [6, 6.07) is -0.838. The Morgan fingerprint density at radius 2 is 1.59 bits per heavy atom. The molecule has 0 aromatic carbocycles. The van der Waals surface area contributed by atoms with Crippen LogP contribution in [0.25, 0.3) is 0 Å². The molecule has 0 aromatic rings. The summed E-state index contributed by atoms with van der Waals surface area (Å²) < 4.78 is 5.29. The summed E-state index contributed by atoms with van der Waals surface area (Å²) in [5, 5.41) is 0. The van der Waals surface area contributed by atoms with Crippen LogP contribution in [-0.4, -0.2) is 35.1 Å². The van der Waals surface area contributed by atoms with Gasteiger partial charge in [0, 0.05) is 6.04 Å². The number of rotatable bonds is 5. The van der Waals surface area contributed by atoms with Gasteiger partial charge >= 0.3 is 6.09 Å². The quantitative estimate of drug-likeness (QED) is 0.845. The van der Waals surface area contributed by atoms with Crippen LogP contribution >= 0.6 is 0 Å². The number of ether oxygens (including phenoxy) is 1. The van der Waals surface area contributed by atoms with Crippen LogP contribution in [0.5, 0.6) is 0 Å². The van der Waals surface area contributed by atoms with E-state index in [4.69, 9.17) is 10.5 Å². The SMILES string of the molecule is CC(C)OC(=O)N(C(=O)[C@@H](N)C(C)C)C(C)C1CCCCC1. The van der Waals surface area contributed by atoms with E-state index in [0.29, 0.717) is 5.92 Å². The Labute approximate surface area is 134 Å². The van der Waals surface area contributed by atoms with Gasteiger partial charge in [0.15, 0.2) is 0 Å². The molecule has 0 bridgehead atoms. The second-order valence-electron chi connectivity index (χ2n) is 7.05. The lowest BCUT2D eigenvalue weighted by Gasteiger charge is -2.36. The Hall–Kier alpha value is -1.10. The summed E-state index contributed by atoms with van der Waals surface area (Å²) >= 11 is 0. The highest BCUT2D eigenvalue weighted by Gasteiger charge is 2.37. The van der Waals surface area contributed by atoms with Crippen LogP contribution in [-0.2, 0) is 9.53 Å². The van der Waals surface area contributed by atoms with Crippen molar-refractivity contribution in [3.8, 4) is 0 Å². The van der Waals surface area contributed by atoms with Gasteiger partial charge in [-0.2, -0.15) is 0 Å². The van der Waals surface area contributed by atoms with Crippen LogP contribution in [0.1, 0.15) is 66.7 Å². The maximum absolute atomic E-state index is 12.7. The van der Waals surface area contributed by atoms with Crippen molar-refractivity contribution in [2.24, 2.45) is 17.6 Å². The van der Waals surface area contributed by atoms with Crippen LogP contribution in [0, 0.1) is 11.8 Å². The van der Waals surface area contributed by atoms with Gasteiger partial charge in [-0.15, -0.1) is 0 Å². The third-order valence-electron chi connectivity index (χ3n) is 4.51. The van der Waals surface area contributed by atoms with Crippen LogP contribution in [0.4, 0.5) is 4.79 Å². The number of amides is 2. The van der Waals surface area contributed by atoms with Gasteiger partial charge in [0.2, 0.25) is 5.91 Å². The van der Waals surface area contributed by atoms with Gasteiger partial charge in [-0.05, 0) is 45.4 Å². The Kier molecular flexibility index (Phi) is 7.33. The first kappa shape index (κ1) is 18.9. The minimum Gasteiger partial charge on any atom is -0.446 e. The molecule has 1 aliphatic carbocycles. The maximum atomic E-state index is 12.7. The van der Waals surface area contributed by atoms with Crippen LogP contribution in [0.3, 0.4) is 0 Å². The van der Waals surface area contributed by atoms with Crippen molar-refractivity contribution in [3.63, 3.8) is 0 Å². The zero-order chi connectivity index (χ0) is 16.9. The first-order valence-electron chi connectivity index (χ1n) is 8.55. The molecule has 5 nitrogen and oxygen atoms in total. The van der Waals surface area contributed by atoms with E-state index in [1.807, 2.05) is 20.8 Å². The van der Waals surface area contributed by atoms with Crippen molar-refractivity contribution >= 4 is 12.0 Å². The average Bonchev–Trinajstić information content (AvgIpc) is 2.46. The minimum absolute atomic E-state index is 0.0135. The van der Waals surface area contributed by atoms with Crippen molar-refractivity contribution in [2.45, 2.75) is 84.9 Å². The third-order valence-corrected chi connectivity index (χ3v) is 4.51. The van der Waals surface area contributed by atoms with Gasteiger partial charge in [-0.3, -0.25) is 4.79 Å². The molecule has 0 aromatic heterocycles. The largest absolute Gasteiger partial charge is 0.446 e. The highest BCUT2D eigenvalue weighted by molar-refractivity contribution is 5.95. The molecule has 1 fully saturated rings. The van der Waals surface area contributed by atoms with Crippen LogP contribution in [0.2, 0.25) is 0 Å². The normalized spacial score (nSPS) is 19.1. The minimum atomic E-state index is -0.675.